The van der Waals surface area contributed by atoms with Gasteiger partial charge in [-0.1, -0.05) is 115 Å². The molecule has 12 aromatic rings. The highest BCUT2D eigenvalue weighted by Gasteiger charge is 2.46. The Hall–Kier alpha value is -12.5. The molecule has 0 spiro atoms. The lowest BCUT2D eigenvalue weighted by Gasteiger charge is -2.48. The fraction of sp³-hybridized carbons (Fsp3) is 0.320. The van der Waals surface area contributed by atoms with Gasteiger partial charge in [-0.05, 0) is 173 Å². The number of rotatable bonds is 11. The van der Waals surface area contributed by atoms with Gasteiger partial charge in [-0.15, -0.1) is 0 Å². The number of piperidine rings is 1. The van der Waals surface area contributed by atoms with E-state index in [0.717, 1.165) is 31.0 Å². The monoisotopic (exact) mass is 1810 g/mol. The minimum absolute atomic E-state index is 0.0133. The number of pyridine rings is 6. The number of aryl methyl sites for hydroxylation is 3. The summed E-state index contributed by atoms with van der Waals surface area (Å²) in [6.07, 6.45) is 9.33. The number of carbonyl (C=O) groups is 2. The number of amides is 2. The van der Waals surface area contributed by atoms with E-state index in [9.17, 15) is 39.3 Å². The second kappa shape index (κ2) is 34.6. The Balaban J connectivity index is 0.000000141. The van der Waals surface area contributed by atoms with Crippen molar-refractivity contribution in [1.82, 2.24) is 38.5 Å². The number of aromatic nitrogens is 6. The highest BCUT2D eigenvalue weighted by atomic mass is 35.5. The van der Waals surface area contributed by atoms with E-state index in [1.54, 1.807) is 66.5 Å². The van der Waals surface area contributed by atoms with Crippen LogP contribution in [-0.2, 0) is 9.59 Å². The molecule has 6 atom stereocenters. The third-order valence-corrected chi connectivity index (χ3v) is 25.9. The minimum atomic E-state index is -0.985. The quantitative estimate of drug-likeness (QED) is 0.0805. The summed E-state index contributed by atoms with van der Waals surface area (Å²) in [6.45, 7) is 32.6. The van der Waals surface area contributed by atoms with Crippen LogP contribution in [0, 0.1) is 61.6 Å². The third kappa shape index (κ3) is 14.8. The number of carbonyl (C=O) groups excluding carboxylic acids is 2. The van der Waals surface area contributed by atoms with Gasteiger partial charge in [-0.3, -0.25) is 52.6 Å². The van der Waals surface area contributed by atoms with Crippen LogP contribution in [0.4, 0.5) is 43.4 Å². The number of phenolic OH excluding ortho intramolecular Hbond substituents is 3. The fourth-order valence-corrected chi connectivity index (χ4v) is 19.8. The average Bonchev–Trinajstić information content (AvgIpc) is 0.716. The van der Waals surface area contributed by atoms with Gasteiger partial charge in [-0.2, -0.15) is 0 Å². The van der Waals surface area contributed by atoms with Crippen molar-refractivity contribution in [2.45, 2.75) is 144 Å². The number of halogens is 9. The molecular formula is C97H92Cl3F6N11O11. The number of phenols is 3. The number of ether oxygens (including phenoxy) is 3. The topological polar surface area (TPSA) is 243 Å². The van der Waals surface area contributed by atoms with Crippen molar-refractivity contribution in [1.29, 1.82) is 0 Å². The van der Waals surface area contributed by atoms with E-state index >= 15 is 26.3 Å². The third-order valence-electron chi connectivity index (χ3n) is 25.0. The van der Waals surface area contributed by atoms with Crippen LogP contribution in [0.15, 0.2) is 149 Å². The zero-order chi connectivity index (χ0) is 91.7. The lowest BCUT2D eigenvalue weighted by Crippen LogP contribution is -2.62. The number of benzene rings is 6. The van der Waals surface area contributed by atoms with Crippen molar-refractivity contribution in [2.24, 2.45) is 5.92 Å². The van der Waals surface area contributed by atoms with Crippen LogP contribution < -0.4 is 45.6 Å². The highest BCUT2D eigenvalue weighted by Crippen LogP contribution is 2.53. The van der Waals surface area contributed by atoms with Gasteiger partial charge in [0.15, 0.2) is 17.5 Å². The molecule has 6 aromatic carbocycles. The van der Waals surface area contributed by atoms with E-state index < -0.39 is 80.0 Å². The molecule has 6 aliphatic rings. The number of aromatic hydroxyl groups is 3. The SMILES string of the molecule is C=CC(=O)N1C[C@@H]2COc3c(c4cc(Cl)c(-c5c(O)cccc5F)c(F)c4n(-c4c(C)ccnc4C(C)C)c3=O)N2C[C@H]1C.C=CC(=O)N1C[C@@H]2COc3c(c4cc(Cl)c(-c5c(O)cccc5F)c(F)c4n(-c4c(C)ccnc4C(C)C)c3=O)N2C[C@H]1C.Cc1ccnc(C(C)C)c1-n1c(=O)c2c(c3cc(Cl)c(-c4c(O)cccc4F)c(F)c31)N1C[C@@H](C)CC[C@@H]1CO2. The van der Waals surface area contributed by atoms with Gasteiger partial charge in [0.05, 0.1) is 118 Å². The number of anilines is 3. The predicted molar refractivity (Wildman–Crippen MR) is 486 cm³/mol. The van der Waals surface area contributed by atoms with Crippen LogP contribution >= 0.6 is 34.8 Å². The molecule has 2 amide bonds. The second-order valence-electron chi connectivity index (χ2n) is 34.4. The summed E-state index contributed by atoms with van der Waals surface area (Å²) in [5.74, 6) is -7.23. The van der Waals surface area contributed by atoms with Crippen LogP contribution in [-0.4, -0.2) is 148 Å². The summed E-state index contributed by atoms with van der Waals surface area (Å²) in [5.41, 5.74) is 1.72. The van der Waals surface area contributed by atoms with Gasteiger partial charge < -0.3 is 54.0 Å². The van der Waals surface area contributed by atoms with Crippen molar-refractivity contribution in [3.05, 3.63) is 250 Å². The first-order chi connectivity index (χ1) is 61.0. The molecule has 0 radical (unpaired) electrons. The van der Waals surface area contributed by atoms with E-state index in [0.29, 0.717) is 119 Å². The Morgan fingerprint density at radius 2 is 0.727 bits per heavy atom. The van der Waals surface area contributed by atoms with E-state index in [4.69, 9.17) is 49.0 Å². The molecule has 0 unspecified atom stereocenters. The lowest BCUT2D eigenvalue weighted by atomic mass is 9.91. The molecule has 3 N–H and O–H groups in total. The van der Waals surface area contributed by atoms with Crippen LogP contribution in [0.5, 0.6) is 34.5 Å². The number of nitrogens with zero attached hydrogens (tertiary/aromatic N) is 11. The number of fused-ring (bicyclic) bond motifs is 15. The summed E-state index contributed by atoms with van der Waals surface area (Å²) in [6, 6.07) is 19.6. The number of hydrogen-bond donors (Lipinski definition) is 3. The molecule has 12 heterocycles. The molecule has 22 nitrogen and oxygen atoms in total. The largest absolute Gasteiger partial charge is 0.507 e. The maximum atomic E-state index is 17.2. The van der Waals surface area contributed by atoms with Crippen molar-refractivity contribution < 1.29 is 65.5 Å². The molecule has 0 saturated carbocycles. The van der Waals surface area contributed by atoms with Crippen LogP contribution in [0.3, 0.4) is 0 Å². The first-order valence-electron chi connectivity index (χ1n) is 42.2. The van der Waals surface area contributed by atoms with Gasteiger partial charge >= 0.3 is 0 Å². The smallest absolute Gasteiger partial charge is 0.300 e. The Kier molecular flexibility index (Phi) is 24.0. The van der Waals surface area contributed by atoms with E-state index in [-0.39, 0.29) is 155 Å². The van der Waals surface area contributed by atoms with Crippen LogP contribution in [0.25, 0.3) is 83.2 Å². The Morgan fingerprint density at radius 3 is 1.02 bits per heavy atom. The van der Waals surface area contributed by atoms with Crippen molar-refractivity contribution in [2.75, 3.05) is 67.2 Å². The molecule has 664 valence electrons. The first-order valence-corrected chi connectivity index (χ1v) is 43.3. The fourth-order valence-electron chi connectivity index (χ4n) is 19.0. The molecule has 6 aliphatic heterocycles. The lowest BCUT2D eigenvalue weighted by molar-refractivity contribution is -0.130. The van der Waals surface area contributed by atoms with Crippen molar-refractivity contribution in [3.63, 3.8) is 0 Å². The zero-order valence-electron chi connectivity index (χ0n) is 72.2. The summed E-state index contributed by atoms with van der Waals surface area (Å²) in [5, 5.41) is 32.3. The van der Waals surface area contributed by atoms with Crippen LogP contribution in [0.2, 0.25) is 15.1 Å². The normalized spacial score (nSPS) is 18.0. The van der Waals surface area contributed by atoms with Gasteiger partial charge in [0.2, 0.25) is 29.1 Å². The first kappa shape index (κ1) is 88.9. The molecule has 0 bridgehead atoms. The average molecular weight is 1810 g/mol. The Labute approximate surface area is 747 Å². The number of piperazine rings is 2. The second-order valence-corrected chi connectivity index (χ2v) is 35.6. The summed E-state index contributed by atoms with van der Waals surface area (Å²) >= 11 is 20.2. The van der Waals surface area contributed by atoms with Gasteiger partial charge in [-0.25, -0.2) is 26.3 Å². The summed E-state index contributed by atoms with van der Waals surface area (Å²) < 4.78 is 119. The van der Waals surface area contributed by atoms with Gasteiger partial charge in [0.25, 0.3) is 16.7 Å². The zero-order valence-corrected chi connectivity index (χ0v) is 74.4. The summed E-state index contributed by atoms with van der Waals surface area (Å²) in [7, 11) is 0. The van der Waals surface area contributed by atoms with E-state index in [1.807, 2.05) is 72.1 Å². The summed E-state index contributed by atoms with van der Waals surface area (Å²) in [4.78, 5) is 91.6. The standard InChI is InChI=1S/2C33H31ClF2N4O4.C31H30ClF2N3O3/c2*1-6-24(42)38-14-19-15-44-32-31(39(19)13-18(38)5)20-12-21(34)25(26-22(35)8-7-9-23(26)41)27(36)30(20)40(33(32)43)29-17(4)10-11-37-28(29)16(2)3;1-15(2)26-27(17(4)10-11-35-26)37-28-19(12-20(32)23(25(28)34)24-21(33)6-5-7-22(24)38)29-30(31(37)39)40-14-18-9-8-16(3)13-36(18)29/h2*6-12,16,18-19,41H,1,13-15H2,2-5H3;5-7,10-12,15-16,18,38H,8-9,13-14H2,1-4H3/t2*18-,19-;16-,18+/m110/s1. The predicted octanol–water partition coefficient (Wildman–Crippen LogP) is 19.3. The molecule has 18 rings (SSSR count). The van der Waals surface area contributed by atoms with Gasteiger partial charge in [0.1, 0.15) is 54.5 Å². The maximum Gasteiger partial charge on any atom is 0.300 e. The highest BCUT2D eigenvalue weighted by molar-refractivity contribution is 6.36. The molecule has 6 aromatic heterocycles. The molecule has 128 heavy (non-hydrogen) atoms. The molecule has 0 aliphatic carbocycles. The van der Waals surface area contributed by atoms with Crippen molar-refractivity contribution >= 4 is 96.4 Å². The minimum Gasteiger partial charge on any atom is -0.507 e. The van der Waals surface area contributed by atoms with Crippen LogP contribution in [0.1, 0.15) is 127 Å². The molecule has 31 heteroatoms. The van der Waals surface area contributed by atoms with Gasteiger partial charge in [0, 0.05) is 96.2 Å². The number of hydrogen-bond acceptors (Lipinski definition) is 17. The van der Waals surface area contributed by atoms with Crippen molar-refractivity contribution in [3.8, 4) is 84.9 Å². The molecular weight excluding hydrogens is 1720 g/mol. The Morgan fingerprint density at radius 1 is 0.430 bits per heavy atom. The van der Waals surface area contributed by atoms with E-state index in [1.165, 1.54) is 74.4 Å². The molecule has 3 saturated heterocycles. The maximum absolute atomic E-state index is 17.2. The molecule has 3 fully saturated rings. The Bertz CT molecular complexity index is 6530. The van der Waals surface area contributed by atoms with E-state index in [2.05, 4.69) is 39.9 Å².